The summed E-state index contributed by atoms with van der Waals surface area (Å²) in [4.78, 5) is 0. The highest BCUT2D eigenvalue weighted by atomic mass is 14.5. The molecule has 0 fully saturated rings. The Morgan fingerprint density at radius 3 is 2.00 bits per heavy atom. The van der Waals surface area contributed by atoms with Gasteiger partial charge in [0.05, 0.1) is 0 Å². The molecule has 0 aliphatic carbocycles. The predicted molar refractivity (Wildman–Crippen MR) is 36.0 cm³/mol. The minimum absolute atomic E-state index is 0.697. The second-order valence-corrected chi connectivity index (χ2v) is 1.98. The van der Waals surface area contributed by atoms with E-state index in [1.165, 1.54) is 11.0 Å². The Labute approximate surface area is 46.0 Å². The van der Waals surface area contributed by atoms with E-state index in [-0.39, 0.29) is 0 Å². The van der Waals surface area contributed by atoms with E-state index in [2.05, 4.69) is 21.7 Å². The molecule has 2 N–H and O–H groups in total. The highest BCUT2D eigenvalue weighted by molar-refractivity contribution is 6.22. The van der Waals surface area contributed by atoms with Crippen LogP contribution in [0.3, 0.4) is 0 Å². The molecule has 0 radical (unpaired) electrons. The molecule has 2 heteroatoms. The molecule has 0 aliphatic heterocycles. The van der Waals surface area contributed by atoms with Crippen LogP contribution in [-0.2, 0) is 0 Å². The maximum Gasteiger partial charge on any atom is 0.135 e. The third-order valence-electron chi connectivity index (χ3n) is 1.16. The van der Waals surface area contributed by atoms with Crippen LogP contribution < -0.4 is 5.73 Å². The summed E-state index contributed by atoms with van der Waals surface area (Å²) >= 11 is 0. The third kappa shape index (κ3) is 2.46. The van der Waals surface area contributed by atoms with E-state index in [1.807, 2.05) is 0 Å². The number of rotatable bonds is 1. The van der Waals surface area contributed by atoms with Gasteiger partial charge in [-0.15, -0.1) is 0 Å². The van der Waals surface area contributed by atoms with Crippen LogP contribution in [-0.4, -0.2) is 14.4 Å². The van der Waals surface area contributed by atoms with E-state index in [0.29, 0.717) is 6.54 Å². The normalized spacial score (nSPS) is 8.43. The molecule has 7 heavy (non-hydrogen) atoms. The highest BCUT2D eigenvalue weighted by Gasteiger charge is 1.83. The van der Waals surface area contributed by atoms with Crippen molar-refractivity contribution < 1.29 is 0 Å². The first-order chi connectivity index (χ1) is 3.18. The van der Waals surface area contributed by atoms with Gasteiger partial charge in [-0.25, -0.2) is 0 Å². The monoisotopic (exact) mass is 97.1 g/mol. The molecule has 0 saturated carbocycles. The molecule has 0 unspecified atom stereocenters. The zero-order chi connectivity index (χ0) is 5.86. The van der Waals surface area contributed by atoms with Crippen molar-refractivity contribution in [1.29, 1.82) is 0 Å². The summed E-state index contributed by atoms with van der Waals surface area (Å²) in [5.74, 6) is 0. The van der Waals surface area contributed by atoms with Crippen LogP contribution in [0.15, 0.2) is 11.0 Å². The molecule has 40 valence electrons. The fourth-order valence-corrected chi connectivity index (χ4v) is 0.204. The lowest BCUT2D eigenvalue weighted by atomic mass is 9.92. The Morgan fingerprint density at radius 2 is 2.00 bits per heavy atom. The average Bonchev–Trinajstić information content (AvgIpc) is 1.65. The summed E-state index contributed by atoms with van der Waals surface area (Å²) in [6, 6.07) is 0. The molecule has 0 aromatic heterocycles. The smallest absolute Gasteiger partial charge is 0.135 e. The van der Waals surface area contributed by atoms with Crippen LogP contribution in [0.25, 0.3) is 0 Å². The SMILES string of the molecule is BC(CN)=C(C)C. The van der Waals surface area contributed by atoms with Crippen LogP contribution in [0.2, 0.25) is 0 Å². The fourth-order valence-electron chi connectivity index (χ4n) is 0.204. The highest BCUT2D eigenvalue weighted by Crippen LogP contribution is 1.93. The van der Waals surface area contributed by atoms with Gasteiger partial charge in [-0.05, 0) is 13.8 Å². The van der Waals surface area contributed by atoms with Crippen molar-refractivity contribution in [3.8, 4) is 0 Å². The zero-order valence-corrected chi connectivity index (χ0v) is 5.28. The summed E-state index contributed by atoms with van der Waals surface area (Å²) in [6.07, 6.45) is 0. The van der Waals surface area contributed by atoms with E-state index < -0.39 is 0 Å². The van der Waals surface area contributed by atoms with Crippen molar-refractivity contribution in [2.24, 2.45) is 5.73 Å². The van der Waals surface area contributed by atoms with Gasteiger partial charge in [0, 0.05) is 6.54 Å². The first-order valence-electron chi connectivity index (χ1n) is 2.51. The standard InChI is InChI=1S/C5H12BN/c1-4(2)5(6)3-7/h3,6-7H2,1-2H3. The molecule has 0 atom stereocenters. The lowest BCUT2D eigenvalue weighted by Gasteiger charge is -1.95. The minimum Gasteiger partial charge on any atom is -0.328 e. The van der Waals surface area contributed by atoms with Gasteiger partial charge in [0.1, 0.15) is 7.85 Å². The number of hydrogen-bond donors (Lipinski definition) is 1. The van der Waals surface area contributed by atoms with Gasteiger partial charge in [-0.3, -0.25) is 0 Å². The quantitative estimate of drug-likeness (QED) is 0.453. The predicted octanol–water partition coefficient (Wildman–Crippen LogP) is -0.128. The maximum atomic E-state index is 5.32. The van der Waals surface area contributed by atoms with Crippen molar-refractivity contribution in [2.45, 2.75) is 13.8 Å². The van der Waals surface area contributed by atoms with Crippen molar-refractivity contribution in [2.75, 3.05) is 6.54 Å². The molecular weight excluding hydrogens is 84.9 g/mol. The lowest BCUT2D eigenvalue weighted by molar-refractivity contribution is 1.18. The third-order valence-corrected chi connectivity index (χ3v) is 1.16. The van der Waals surface area contributed by atoms with Crippen LogP contribution in [0.5, 0.6) is 0 Å². The van der Waals surface area contributed by atoms with E-state index in [0.717, 1.165) is 0 Å². The van der Waals surface area contributed by atoms with Crippen molar-refractivity contribution in [1.82, 2.24) is 0 Å². The molecular formula is C5H12BN. The Morgan fingerprint density at radius 1 is 1.57 bits per heavy atom. The average molecular weight is 97.0 g/mol. The zero-order valence-electron chi connectivity index (χ0n) is 5.28. The topological polar surface area (TPSA) is 26.0 Å². The Balaban J connectivity index is 3.72. The molecule has 0 aromatic carbocycles. The summed E-state index contributed by atoms with van der Waals surface area (Å²) in [5.41, 5.74) is 7.94. The Bertz CT molecular complexity index is 82.1. The molecule has 0 spiro atoms. The molecule has 0 saturated heterocycles. The summed E-state index contributed by atoms with van der Waals surface area (Å²) in [6.45, 7) is 4.84. The van der Waals surface area contributed by atoms with Crippen molar-refractivity contribution in [3.63, 3.8) is 0 Å². The molecule has 0 rings (SSSR count). The first-order valence-corrected chi connectivity index (χ1v) is 2.51. The van der Waals surface area contributed by atoms with Gasteiger partial charge in [-0.2, -0.15) is 0 Å². The molecule has 1 nitrogen and oxygen atoms in total. The minimum atomic E-state index is 0.697. The van der Waals surface area contributed by atoms with Gasteiger partial charge in [0.2, 0.25) is 0 Å². The van der Waals surface area contributed by atoms with Gasteiger partial charge in [-0.1, -0.05) is 11.0 Å². The van der Waals surface area contributed by atoms with Crippen molar-refractivity contribution >= 4 is 7.85 Å². The van der Waals surface area contributed by atoms with Crippen LogP contribution in [0.1, 0.15) is 13.8 Å². The molecule has 0 aliphatic rings. The number of hydrogen-bond acceptors (Lipinski definition) is 1. The van der Waals surface area contributed by atoms with E-state index >= 15 is 0 Å². The van der Waals surface area contributed by atoms with Crippen LogP contribution >= 0.6 is 0 Å². The van der Waals surface area contributed by atoms with E-state index in [1.54, 1.807) is 0 Å². The van der Waals surface area contributed by atoms with Crippen LogP contribution in [0, 0.1) is 0 Å². The van der Waals surface area contributed by atoms with Gasteiger partial charge in [0.15, 0.2) is 0 Å². The second-order valence-electron chi connectivity index (χ2n) is 1.98. The first kappa shape index (κ1) is 6.76. The largest absolute Gasteiger partial charge is 0.328 e. The fraction of sp³-hybridized carbons (Fsp3) is 0.600. The summed E-state index contributed by atoms with van der Waals surface area (Å²) < 4.78 is 0. The molecule has 0 amide bonds. The second kappa shape index (κ2) is 2.86. The van der Waals surface area contributed by atoms with Crippen LogP contribution in [0.4, 0.5) is 0 Å². The molecule has 0 bridgehead atoms. The van der Waals surface area contributed by atoms with Crippen molar-refractivity contribution in [3.05, 3.63) is 11.0 Å². The molecule has 0 aromatic rings. The Hall–Kier alpha value is -0.235. The number of allylic oxidation sites excluding steroid dienone is 1. The molecule has 0 heterocycles. The number of nitrogens with two attached hydrogens (primary N) is 1. The Kier molecular flexibility index (Phi) is 2.76. The van der Waals surface area contributed by atoms with E-state index in [4.69, 9.17) is 5.73 Å². The van der Waals surface area contributed by atoms with Gasteiger partial charge in [0.25, 0.3) is 0 Å². The van der Waals surface area contributed by atoms with Gasteiger partial charge < -0.3 is 5.73 Å². The van der Waals surface area contributed by atoms with E-state index in [9.17, 15) is 0 Å². The summed E-state index contributed by atoms with van der Waals surface area (Å²) in [7, 11) is 2.05. The maximum absolute atomic E-state index is 5.32. The lowest BCUT2D eigenvalue weighted by Crippen LogP contribution is -2.03. The summed E-state index contributed by atoms with van der Waals surface area (Å²) in [5, 5.41) is 0. The van der Waals surface area contributed by atoms with Gasteiger partial charge >= 0.3 is 0 Å².